The molecule has 138 valence electrons. The van der Waals surface area contributed by atoms with Gasteiger partial charge >= 0.3 is 0 Å². The summed E-state index contributed by atoms with van der Waals surface area (Å²) in [5.41, 5.74) is 3.04. The Hall–Kier alpha value is -0.820. The Labute approximate surface area is 172 Å². The van der Waals surface area contributed by atoms with Gasteiger partial charge in [0, 0.05) is 25.8 Å². The Morgan fingerprint density at radius 3 is 1.75 bits per heavy atom. The molecular weight excluding hydrogens is 455 g/mol. The fraction of sp³-hybridized carbons (Fsp3) is 0.217. The SMILES string of the molecule is CC(C)(C)C1[C-]=Cc2ccccc21.[CH3-].[CH3-].[CH3-].[CH3-].[CH3-].[Hf].c1cc[cH-]c1. The first-order valence-electron chi connectivity index (χ1n) is 6.44. The molecule has 0 saturated heterocycles. The Kier molecular flexibility index (Phi) is 22.6. The average molecular weight is 490 g/mol. The Morgan fingerprint density at radius 1 is 0.833 bits per heavy atom. The van der Waals surface area contributed by atoms with Crippen molar-refractivity contribution in [2.75, 3.05) is 0 Å². The zero-order chi connectivity index (χ0) is 13.0. The summed E-state index contributed by atoms with van der Waals surface area (Å²) in [4.78, 5) is 0. The van der Waals surface area contributed by atoms with Crippen molar-refractivity contribution in [2.24, 2.45) is 5.41 Å². The van der Waals surface area contributed by atoms with Crippen LogP contribution >= 0.6 is 0 Å². The van der Waals surface area contributed by atoms with Gasteiger partial charge in [-0.2, -0.15) is 23.8 Å². The Bertz CT molecular complexity index is 484. The molecule has 0 N–H and O–H groups in total. The molecule has 0 spiro atoms. The van der Waals surface area contributed by atoms with E-state index in [4.69, 9.17) is 0 Å². The summed E-state index contributed by atoms with van der Waals surface area (Å²) in [6.45, 7) is 6.79. The van der Waals surface area contributed by atoms with E-state index in [1.165, 1.54) is 11.1 Å². The summed E-state index contributed by atoms with van der Waals surface area (Å²) >= 11 is 0. The van der Waals surface area contributed by atoms with E-state index in [2.05, 4.69) is 57.2 Å². The van der Waals surface area contributed by atoms with Crippen molar-refractivity contribution in [3.8, 4) is 0 Å². The molecule has 2 aromatic carbocycles. The summed E-state index contributed by atoms with van der Waals surface area (Å²) < 4.78 is 0. The minimum absolute atomic E-state index is 0. The van der Waals surface area contributed by atoms with Gasteiger partial charge in [-0.05, 0) is 5.41 Å². The first-order chi connectivity index (χ1) is 8.59. The van der Waals surface area contributed by atoms with Gasteiger partial charge < -0.3 is 37.1 Å². The number of allylic oxidation sites excluding steroid dienone is 1. The van der Waals surface area contributed by atoms with Gasteiger partial charge in [0.1, 0.15) is 0 Å². The predicted molar refractivity (Wildman–Crippen MR) is 110 cm³/mol. The van der Waals surface area contributed by atoms with Gasteiger partial charge in [-0.25, -0.2) is 18.2 Å². The molecule has 0 saturated carbocycles. The third-order valence-electron chi connectivity index (χ3n) is 3.13. The molecular formula is C23H35Hf-7. The van der Waals surface area contributed by atoms with E-state index >= 15 is 0 Å². The summed E-state index contributed by atoms with van der Waals surface area (Å²) in [6.07, 6.45) is 5.55. The normalized spacial score (nSPS) is 12.7. The van der Waals surface area contributed by atoms with Gasteiger partial charge in [0.25, 0.3) is 0 Å². The van der Waals surface area contributed by atoms with E-state index in [1.807, 2.05) is 30.3 Å². The van der Waals surface area contributed by atoms with Crippen LogP contribution in [0.3, 0.4) is 0 Å². The van der Waals surface area contributed by atoms with E-state index < -0.39 is 0 Å². The molecule has 0 amide bonds. The van der Waals surface area contributed by atoms with Crippen LogP contribution < -0.4 is 0 Å². The van der Waals surface area contributed by atoms with Crippen molar-refractivity contribution in [1.82, 2.24) is 0 Å². The standard InChI is InChI=1S/C13H15.C5H5.5CH3.Hf/c1-13(2,3)12-9-8-10-6-4-5-7-11(10)12;1-2-4-5-3-1;;;;;;/h4-8,12H,1-3H3;1-5H;5*1H3;/q7*-1;. The topological polar surface area (TPSA) is 0 Å². The van der Waals surface area contributed by atoms with Crippen LogP contribution in [0.15, 0.2) is 54.6 Å². The third kappa shape index (κ3) is 9.47. The molecule has 0 fully saturated rings. The predicted octanol–water partition coefficient (Wildman–Crippen LogP) is 7.30. The monoisotopic (exact) mass is 491 g/mol. The molecule has 0 bridgehead atoms. The van der Waals surface area contributed by atoms with Crippen molar-refractivity contribution >= 4 is 6.08 Å². The molecule has 2 aromatic rings. The van der Waals surface area contributed by atoms with Gasteiger partial charge in [-0.3, -0.25) is 6.08 Å². The summed E-state index contributed by atoms with van der Waals surface area (Å²) in [7, 11) is 0. The molecule has 1 heteroatoms. The number of rotatable bonds is 0. The molecule has 0 aromatic heterocycles. The smallest absolute Gasteiger partial charge is 0 e. The van der Waals surface area contributed by atoms with Crippen molar-refractivity contribution < 1.29 is 25.8 Å². The Balaban J connectivity index is -0.0000000973. The van der Waals surface area contributed by atoms with Crippen LogP contribution in [0, 0.1) is 48.6 Å². The van der Waals surface area contributed by atoms with E-state index in [0.29, 0.717) is 5.92 Å². The van der Waals surface area contributed by atoms with Crippen LogP contribution in [0.2, 0.25) is 0 Å². The van der Waals surface area contributed by atoms with Gasteiger partial charge in [0.05, 0.1) is 0 Å². The molecule has 0 radical (unpaired) electrons. The molecule has 3 rings (SSSR count). The summed E-state index contributed by atoms with van der Waals surface area (Å²) in [5.74, 6) is 0.462. The van der Waals surface area contributed by atoms with Crippen LogP contribution in [-0.2, 0) is 25.8 Å². The van der Waals surface area contributed by atoms with Crippen molar-refractivity contribution in [1.29, 1.82) is 0 Å². The minimum Gasteiger partial charge on any atom is -0.358 e. The number of fused-ring (bicyclic) bond motifs is 1. The maximum atomic E-state index is 3.44. The second-order valence-corrected chi connectivity index (χ2v) is 5.70. The van der Waals surface area contributed by atoms with Gasteiger partial charge in [-0.15, -0.1) is 11.6 Å². The molecule has 1 unspecified atom stereocenters. The average Bonchev–Trinajstić information content (AvgIpc) is 3.01. The van der Waals surface area contributed by atoms with Crippen LogP contribution in [0.25, 0.3) is 6.08 Å². The van der Waals surface area contributed by atoms with Crippen molar-refractivity contribution in [2.45, 2.75) is 26.7 Å². The first kappa shape index (κ1) is 34.5. The van der Waals surface area contributed by atoms with E-state index in [1.54, 1.807) is 0 Å². The van der Waals surface area contributed by atoms with Crippen molar-refractivity contribution in [3.05, 3.63) is 109 Å². The van der Waals surface area contributed by atoms with Crippen LogP contribution in [0.4, 0.5) is 0 Å². The molecule has 0 aliphatic heterocycles. The molecule has 0 nitrogen and oxygen atoms in total. The van der Waals surface area contributed by atoms with Crippen molar-refractivity contribution in [3.63, 3.8) is 0 Å². The molecule has 1 aliphatic carbocycles. The summed E-state index contributed by atoms with van der Waals surface area (Å²) in [6, 6.07) is 18.6. The zero-order valence-electron chi connectivity index (χ0n) is 16.9. The quantitative estimate of drug-likeness (QED) is 0.269. The maximum absolute atomic E-state index is 3.44. The maximum Gasteiger partial charge on any atom is 0 e. The second-order valence-electron chi connectivity index (χ2n) is 5.70. The summed E-state index contributed by atoms with van der Waals surface area (Å²) in [5, 5.41) is 0. The van der Waals surface area contributed by atoms with Crippen LogP contribution in [0.1, 0.15) is 37.8 Å². The fourth-order valence-electron chi connectivity index (χ4n) is 2.21. The first-order valence-corrected chi connectivity index (χ1v) is 6.44. The largest absolute Gasteiger partial charge is 0.358 e. The second kappa shape index (κ2) is 15.7. The number of benzene rings is 1. The van der Waals surface area contributed by atoms with E-state index in [0.717, 1.165) is 0 Å². The molecule has 1 aliphatic rings. The van der Waals surface area contributed by atoms with Gasteiger partial charge in [0.15, 0.2) is 0 Å². The number of hydrogen-bond donors (Lipinski definition) is 0. The molecule has 1 atom stereocenters. The van der Waals surface area contributed by atoms with E-state index in [9.17, 15) is 0 Å². The zero-order valence-corrected chi connectivity index (χ0v) is 20.4. The van der Waals surface area contributed by atoms with Crippen LogP contribution in [-0.4, -0.2) is 0 Å². The van der Waals surface area contributed by atoms with Crippen LogP contribution in [0.5, 0.6) is 0 Å². The fourth-order valence-corrected chi connectivity index (χ4v) is 2.21. The molecule has 24 heavy (non-hydrogen) atoms. The molecule has 0 heterocycles. The van der Waals surface area contributed by atoms with E-state index in [-0.39, 0.29) is 68.4 Å². The minimum atomic E-state index is 0. The van der Waals surface area contributed by atoms with Gasteiger partial charge in [0.2, 0.25) is 0 Å². The third-order valence-corrected chi connectivity index (χ3v) is 3.13. The Morgan fingerprint density at radius 2 is 1.33 bits per heavy atom. The number of hydrogen-bond acceptors (Lipinski definition) is 0. The van der Waals surface area contributed by atoms with Gasteiger partial charge in [-0.1, -0.05) is 44.9 Å².